The Morgan fingerprint density at radius 2 is 2.00 bits per heavy atom. The number of ether oxygens (including phenoxy) is 1. The maximum Gasteiger partial charge on any atom is 0.292 e. The molecule has 0 amide bonds. The van der Waals surface area contributed by atoms with Crippen LogP contribution in [0, 0.1) is 10.1 Å². The van der Waals surface area contributed by atoms with Gasteiger partial charge in [-0.15, -0.1) is 0 Å². The molecular weight excluding hydrogens is 244 g/mol. The Bertz CT molecular complexity index is 584. The lowest BCUT2D eigenvalue weighted by Crippen LogP contribution is -1.97. The number of nitro groups is 1. The fourth-order valence-corrected chi connectivity index (χ4v) is 1.72. The highest BCUT2D eigenvalue weighted by atomic mass is 16.6. The number of nitrogens with one attached hydrogen (secondary N) is 1. The van der Waals surface area contributed by atoms with Crippen LogP contribution in [0.25, 0.3) is 0 Å². The van der Waals surface area contributed by atoms with E-state index in [9.17, 15) is 10.1 Å². The molecule has 2 aromatic rings. The zero-order valence-electron chi connectivity index (χ0n) is 10.5. The number of anilines is 2. The van der Waals surface area contributed by atoms with Gasteiger partial charge in [0.05, 0.1) is 11.5 Å². The van der Waals surface area contributed by atoms with E-state index in [-0.39, 0.29) is 5.69 Å². The molecule has 1 N–H and O–H groups in total. The molecule has 19 heavy (non-hydrogen) atoms. The van der Waals surface area contributed by atoms with Gasteiger partial charge in [-0.25, -0.2) is 0 Å². The van der Waals surface area contributed by atoms with E-state index in [0.717, 1.165) is 11.4 Å². The smallest absolute Gasteiger partial charge is 0.292 e. The topological polar surface area (TPSA) is 64.4 Å². The predicted octanol–water partition coefficient (Wildman–Crippen LogP) is 3.74. The van der Waals surface area contributed by atoms with Crippen LogP contribution < -0.4 is 10.1 Å². The van der Waals surface area contributed by atoms with Crippen LogP contribution in [-0.4, -0.2) is 11.5 Å². The Balaban J connectivity index is 2.26. The molecule has 0 unspecified atom stereocenters. The molecule has 0 aliphatic heterocycles. The van der Waals surface area contributed by atoms with Crippen LogP contribution in [0.5, 0.6) is 5.75 Å². The number of nitrogens with zero attached hydrogens (tertiary/aromatic N) is 1. The fourth-order valence-electron chi connectivity index (χ4n) is 1.72. The molecule has 0 aliphatic rings. The van der Waals surface area contributed by atoms with Crippen LogP contribution in [0.3, 0.4) is 0 Å². The van der Waals surface area contributed by atoms with Crippen molar-refractivity contribution in [3.63, 3.8) is 0 Å². The Labute approximate surface area is 111 Å². The van der Waals surface area contributed by atoms with Crippen molar-refractivity contribution in [3.8, 4) is 5.75 Å². The molecule has 98 valence electrons. The third-order valence-electron chi connectivity index (χ3n) is 2.52. The molecule has 2 rings (SSSR count). The Hall–Kier alpha value is -2.56. The van der Waals surface area contributed by atoms with E-state index >= 15 is 0 Å². The van der Waals surface area contributed by atoms with Gasteiger partial charge in [0, 0.05) is 17.8 Å². The average Bonchev–Trinajstić information content (AvgIpc) is 2.40. The quantitative estimate of drug-likeness (QED) is 0.655. The van der Waals surface area contributed by atoms with E-state index in [4.69, 9.17) is 4.74 Å². The monoisotopic (exact) mass is 258 g/mol. The minimum atomic E-state index is -0.408. The summed E-state index contributed by atoms with van der Waals surface area (Å²) < 4.78 is 5.39. The lowest BCUT2D eigenvalue weighted by molar-refractivity contribution is -0.383. The van der Waals surface area contributed by atoms with Crippen LogP contribution in [0.4, 0.5) is 17.1 Å². The maximum absolute atomic E-state index is 10.9. The zero-order valence-corrected chi connectivity index (χ0v) is 10.5. The second kappa shape index (κ2) is 5.86. The molecular formula is C14H14N2O3. The van der Waals surface area contributed by atoms with E-state index in [2.05, 4.69) is 5.32 Å². The number of para-hydroxylation sites is 2. The first-order valence-corrected chi connectivity index (χ1v) is 5.94. The summed E-state index contributed by atoms with van der Waals surface area (Å²) in [4.78, 5) is 10.5. The van der Waals surface area contributed by atoms with Crippen molar-refractivity contribution in [1.82, 2.24) is 0 Å². The molecule has 5 heteroatoms. The second-order valence-electron chi connectivity index (χ2n) is 3.86. The standard InChI is InChI=1S/C14H14N2O3/c1-2-19-12-7-5-6-11(10-12)15-13-8-3-4-9-14(13)16(17)18/h3-10,15H,2H2,1H3. The van der Waals surface area contributed by atoms with E-state index in [1.165, 1.54) is 6.07 Å². The summed E-state index contributed by atoms with van der Waals surface area (Å²) in [6, 6.07) is 13.8. The number of rotatable bonds is 5. The number of benzene rings is 2. The molecule has 0 aromatic heterocycles. The van der Waals surface area contributed by atoms with Crippen LogP contribution >= 0.6 is 0 Å². The summed E-state index contributed by atoms with van der Waals surface area (Å²) in [6.07, 6.45) is 0. The average molecular weight is 258 g/mol. The molecule has 5 nitrogen and oxygen atoms in total. The molecule has 0 atom stereocenters. The highest BCUT2D eigenvalue weighted by Crippen LogP contribution is 2.28. The first kappa shape index (κ1) is 12.9. The lowest BCUT2D eigenvalue weighted by atomic mass is 10.2. The largest absolute Gasteiger partial charge is 0.494 e. The molecule has 0 radical (unpaired) electrons. The van der Waals surface area contributed by atoms with Gasteiger partial charge in [0.25, 0.3) is 5.69 Å². The number of hydrogen-bond donors (Lipinski definition) is 1. The van der Waals surface area contributed by atoms with Crippen LogP contribution in [0.1, 0.15) is 6.92 Å². The molecule has 0 bridgehead atoms. The van der Waals surface area contributed by atoms with Gasteiger partial charge in [0.15, 0.2) is 0 Å². The third-order valence-corrected chi connectivity index (χ3v) is 2.52. The van der Waals surface area contributed by atoms with Crippen molar-refractivity contribution in [1.29, 1.82) is 0 Å². The van der Waals surface area contributed by atoms with E-state index in [1.54, 1.807) is 24.3 Å². The van der Waals surface area contributed by atoms with Crippen molar-refractivity contribution in [2.75, 3.05) is 11.9 Å². The van der Waals surface area contributed by atoms with Gasteiger partial charge in [-0.05, 0) is 25.1 Å². The SMILES string of the molecule is CCOc1cccc(Nc2ccccc2[N+](=O)[O-])c1. The normalized spacial score (nSPS) is 9.95. The van der Waals surface area contributed by atoms with Crippen molar-refractivity contribution in [2.24, 2.45) is 0 Å². The molecule has 0 saturated heterocycles. The molecule has 0 fully saturated rings. The summed E-state index contributed by atoms with van der Waals surface area (Å²) in [7, 11) is 0. The van der Waals surface area contributed by atoms with Gasteiger partial charge >= 0.3 is 0 Å². The van der Waals surface area contributed by atoms with Gasteiger partial charge in [-0.3, -0.25) is 10.1 Å². The maximum atomic E-state index is 10.9. The van der Waals surface area contributed by atoms with E-state index in [0.29, 0.717) is 12.3 Å². The predicted molar refractivity (Wildman–Crippen MR) is 74.0 cm³/mol. The van der Waals surface area contributed by atoms with Crippen LogP contribution in [0.2, 0.25) is 0 Å². The summed E-state index contributed by atoms with van der Waals surface area (Å²) in [5.74, 6) is 0.728. The Morgan fingerprint density at radius 3 is 2.74 bits per heavy atom. The summed E-state index contributed by atoms with van der Waals surface area (Å²) in [5, 5.41) is 14.0. The first-order valence-electron chi connectivity index (χ1n) is 5.94. The van der Waals surface area contributed by atoms with Crippen LogP contribution in [-0.2, 0) is 0 Å². The van der Waals surface area contributed by atoms with Crippen molar-refractivity contribution in [3.05, 3.63) is 58.6 Å². The molecule has 0 spiro atoms. The zero-order chi connectivity index (χ0) is 13.7. The molecule has 0 heterocycles. The van der Waals surface area contributed by atoms with Crippen molar-refractivity contribution >= 4 is 17.1 Å². The van der Waals surface area contributed by atoms with Gasteiger partial charge in [0.1, 0.15) is 11.4 Å². The minimum absolute atomic E-state index is 0.0457. The van der Waals surface area contributed by atoms with E-state index < -0.39 is 4.92 Å². The van der Waals surface area contributed by atoms with Gasteiger partial charge < -0.3 is 10.1 Å². The second-order valence-corrected chi connectivity index (χ2v) is 3.86. The Morgan fingerprint density at radius 1 is 1.21 bits per heavy atom. The minimum Gasteiger partial charge on any atom is -0.494 e. The fraction of sp³-hybridized carbons (Fsp3) is 0.143. The Kier molecular flexibility index (Phi) is 3.97. The van der Waals surface area contributed by atoms with E-state index in [1.807, 2.05) is 25.1 Å². The molecule has 2 aromatic carbocycles. The third kappa shape index (κ3) is 3.22. The van der Waals surface area contributed by atoms with Crippen molar-refractivity contribution in [2.45, 2.75) is 6.92 Å². The van der Waals surface area contributed by atoms with Crippen molar-refractivity contribution < 1.29 is 9.66 Å². The lowest BCUT2D eigenvalue weighted by Gasteiger charge is -2.09. The number of hydrogen-bond acceptors (Lipinski definition) is 4. The summed E-state index contributed by atoms with van der Waals surface area (Å²) >= 11 is 0. The van der Waals surface area contributed by atoms with Crippen LogP contribution in [0.15, 0.2) is 48.5 Å². The van der Waals surface area contributed by atoms with Gasteiger partial charge in [-0.2, -0.15) is 0 Å². The van der Waals surface area contributed by atoms with Gasteiger partial charge in [0.2, 0.25) is 0 Å². The summed E-state index contributed by atoms with van der Waals surface area (Å²) in [5.41, 5.74) is 1.26. The highest BCUT2D eigenvalue weighted by Gasteiger charge is 2.12. The molecule has 0 saturated carbocycles. The number of nitro benzene ring substituents is 1. The molecule has 0 aliphatic carbocycles. The highest BCUT2D eigenvalue weighted by molar-refractivity contribution is 5.69. The summed E-state index contributed by atoms with van der Waals surface area (Å²) in [6.45, 7) is 2.48. The first-order chi connectivity index (χ1) is 9.20. The van der Waals surface area contributed by atoms with Gasteiger partial charge in [-0.1, -0.05) is 18.2 Å².